The van der Waals surface area contributed by atoms with Crippen molar-refractivity contribution in [2.45, 2.75) is 6.92 Å². The van der Waals surface area contributed by atoms with Crippen molar-refractivity contribution in [1.29, 1.82) is 0 Å². The number of hydrogen-bond donors (Lipinski definition) is 0. The number of esters is 1. The molecule has 2 rings (SSSR count). The number of fused-ring (bicyclic) bond motifs is 1. The summed E-state index contributed by atoms with van der Waals surface area (Å²) in [5.41, 5.74) is 0.899. The molecule has 0 aliphatic rings. The van der Waals surface area contributed by atoms with Crippen LogP contribution in [0.5, 0.6) is 5.75 Å². The van der Waals surface area contributed by atoms with Gasteiger partial charge in [0, 0.05) is 11.6 Å². The Morgan fingerprint density at radius 1 is 1.35 bits per heavy atom. The number of carbonyl (C=O) groups is 1. The lowest BCUT2D eigenvalue weighted by Crippen LogP contribution is -2.14. The zero-order valence-electron chi connectivity index (χ0n) is 9.55. The molecule has 1 aromatic heterocycles. The molecule has 4 heteroatoms. The summed E-state index contributed by atoms with van der Waals surface area (Å²) in [4.78, 5) is 15.3. The van der Waals surface area contributed by atoms with Crippen molar-refractivity contribution in [2.75, 3.05) is 13.2 Å². The summed E-state index contributed by atoms with van der Waals surface area (Å²) >= 11 is 0. The standard InChI is InChI=1S/C13H13NO3/c1-2-16-13(15)9-17-11-5-6-12-10(8-11)4-3-7-14-12/h3-8H,2,9H2,1H3. The van der Waals surface area contributed by atoms with Gasteiger partial charge in [0.2, 0.25) is 0 Å². The first-order valence-electron chi connectivity index (χ1n) is 5.43. The van der Waals surface area contributed by atoms with Crippen molar-refractivity contribution in [1.82, 2.24) is 4.98 Å². The van der Waals surface area contributed by atoms with Crippen LogP contribution in [0.15, 0.2) is 36.5 Å². The van der Waals surface area contributed by atoms with Crippen LogP contribution in [-0.2, 0) is 9.53 Å². The predicted octanol–water partition coefficient (Wildman–Crippen LogP) is 2.18. The van der Waals surface area contributed by atoms with E-state index in [1.165, 1.54) is 0 Å². The van der Waals surface area contributed by atoms with Gasteiger partial charge in [-0.15, -0.1) is 0 Å². The average molecular weight is 231 g/mol. The number of ether oxygens (including phenoxy) is 2. The fraction of sp³-hybridized carbons (Fsp3) is 0.231. The Morgan fingerprint density at radius 3 is 3.06 bits per heavy atom. The third-order valence-corrected chi connectivity index (χ3v) is 2.24. The minimum Gasteiger partial charge on any atom is -0.482 e. The molecule has 0 unspecified atom stereocenters. The highest BCUT2D eigenvalue weighted by molar-refractivity contribution is 5.80. The summed E-state index contributed by atoms with van der Waals surface area (Å²) in [6.07, 6.45) is 1.74. The minimum absolute atomic E-state index is 0.0698. The van der Waals surface area contributed by atoms with Crippen molar-refractivity contribution in [3.63, 3.8) is 0 Å². The molecule has 88 valence electrons. The molecule has 0 fully saturated rings. The van der Waals surface area contributed by atoms with E-state index in [1.54, 1.807) is 19.2 Å². The molecule has 0 N–H and O–H groups in total. The molecule has 1 heterocycles. The van der Waals surface area contributed by atoms with Crippen molar-refractivity contribution in [3.05, 3.63) is 36.5 Å². The maximum Gasteiger partial charge on any atom is 0.344 e. The summed E-state index contributed by atoms with van der Waals surface area (Å²) in [5, 5.41) is 0.980. The maximum atomic E-state index is 11.1. The van der Waals surface area contributed by atoms with E-state index >= 15 is 0 Å². The molecule has 0 aliphatic carbocycles. The van der Waals surface area contributed by atoms with Crippen LogP contribution < -0.4 is 4.74 Å². The molecule has 1 aromatic carbocycles. The number of pyridine rings is 1. The Morgan fingerprint density at radius 2 is 2.24 bits per heavy atom. The van der Waals surface area contributed by atoms with Crippen molar-refractivity contribution in [3.8, 4) is 5.75 Å². The van der Waals surface area contributed by atoms with Gasteiger partial charge in [0.25, 0.3) is 0 Å². The normalized spacial score (nSPS) is 10.2. The summed E-state index contributed by atoms with van der Waals surface area (Å²) in [6.45, 7) is 2.06. The first kappa shape index (κ1) is 11.4. The average Bonchev–Trinajstić information content (AvgIpc) is 2.36. The molecular weight excluding hydrogens is 218 g/mol. The topological polar surface area (TPSA) is 48.4 Å². The molecule has 0 bridgehead atoms. The molecule has 0 radical (unpaired) electrons. The molecular formula is C13H13NO3. The number of benzene rings is 1. The van der Waals surface area contributed by atoms with E-state index in [0.29, 0.717) is 12.4 Å². The third kappa shape index (κ3) is 2.93. The van der Waals surface area contributed by atoms with Gasteiger partial charge in [-0.3, -0.25) is 4.98 Å². The second kappa shape index (κ2) is 5.30. The van der Waals surface area contributed by atoms with Gasteiger partial charge in [-0.1, -0.05) is 6.07 Å². The second-order valence-electron chi connectivity index (χ2n) is 3.45. The van der Waals surface area contributed by atoms with Gasteiger partial charge in [0.15, 0.2) is 6.61 Å². The fourth-order valence-electron chi connectivity index (χ4n) is 1.49. The first-order chi connectivity index (χ1) is 8.29. The lowest BCUT2D eigenvalue weighted by Gasteiger charge is -2.06. The Bertz CT molecular complexity index is 525. The number of aromatic nitrogens is 1. The largest absolute Gasteiger partial charge is 0.482 e. The Hall–Kier alpha value is -2.10. The number of rotatable bonds is 4. The van der Waals surface area contributed by atoms with Gasteiger partial charge in [-0.25, -0.2) is 4.79 Å². The van der Waals surface area contributed by atoms with Crippen LogP contribution >= 0.6 is 0 Å². The van der Waals surface area contributed by atoms with Crippen molar-refractivity contribution >= 4 is 16.9 Å². The predicted molar refractivity (Wildman–Crippen MR) is 63.9 cm³/mol. The van der Waals surface area contributed by atoms with Crippen LogP contribution in [0.25, 0.3) is 10.9 Å². The molecule has 0 spiro atoms. The Kier molecular flexibility index (Phi) is 3.55. The third-order valence-electron chi connectivity index (χ3n) is 2.24. The molecule has 0 atom stereocenters. The fourth-order valence-corrected chi connectivity index (χ4v) is 1.49. The smallest absolute Gasteiger partial charge is 0.344 e. The first-order valence-corrected chi connectivity index (χ1v) is 5.43. The summed E-state index contributed by atoms with van der Waals surface area (Å²) in [5.74, 6) is 0.275. The highest BCUT2D eigenvalue weighted by Crippen LogP contribution is 2.18. The molecule has 4 nitrogen and oxygen atoms in total. The molecule has 0 saturated carbocycles. The van der Waals surface area contributed by atoms with E-state index in [-0.39, 0.29) is 12.6 Å². The molecule has 2 aromatic rings. The van der Waals surface area contributed by atoms with Gasteiger partial charge >= 0.3 is 5.97 Å². The lowest BCUT2D eigenvalue weighted by molar-refractivity contribution is -0.145. The van der Waals surface area contributed by atoms with Gasteiger partial charge in [0.05, 0.1) is 12.1 Å². The van der Waals surface area contributed by atoms with Gasteiger partial charge in [-0.05, 0) is 31.2 Å². The monoisotopic (exact) mass is 231 g/mol. The molecule has 0 saturated heterocycles. The highest BCUT2D eigenvalue weighted by atomic mass is 16.6. The van der Waals surface area contributed by atoms with Crippen molar-refractivity contribution in [2.24, 2.45) is 0 Å². The zero-order valence-corrected chi connectivity index (χ0v) is 9.55. The number of hydrogen-bond acceptors (Lipinski definition) is 4. The van der Waals surface area contributed by atoms with E-state index in [2.05, 4.69) is 4.98 Å². The van der Waals surface area contributed by atoms with Crippen LogP contribution in [0.2, 0.25) is 0 Å². The zero-order chi connectivity index (χ0) is 12.1. The molecule has 0 amide bonds. The van der Waals surface area contributed by atoms with Crippen molar-refractivity contribution < 1.29 is 14.3 Å². The van der Waals surface area contributed by atoms with E-state index < -0.39 is 0 Å². The second-order valence-corrected chi connectivity index (χ2v) is 3.45. The molecule has 0 aliphatic heterocycles. The minimum atomic E-state index is -0.362. The summed E-state index contributed by atoms with van der Waals surface area (Å²) < 4.78 is 10.1. The molecule has 17 heavy (non-hydrogen) atoms. The van der Waals surface area contributed by atoms with E-state index in [4.69, 9.17) is 9.47 Å². The summed E-state index contributed by atoms with van der Waals surface area (Å²) in [6, 6.07) is 9.29. The van der Waals surface area contributed by atoms with E-state index in [0.717, 1.165) is 10.9 Å². The Labute approximate surface area is 99.2 Å². The van der Waals surface area contributed by atoms with Crippen LogP contribution in [0.4, 0.5) is 0 Å². The Balaban J connectivity index is 2.06. The van der Waals surface area contributed by atoms with Crippen LogP contribution in [-0.4, -0.2) is 24.2 Å². The number of nitrogens with zero attached hydrogens (tertiary/aromatic N) is 1. The van der Waals surface area contributed by atoms with Crippen LogP contribution in [0.3, 0.4) is 0 Å². The number of carbonyl (C=O) groups excluding carboxylic acids is 1. The highest BCUT2D eigenvalue weighted by Gasteiger charge is 2.03. The van der Waals surface area contributed by atoms with Crippen LogP contribution in [0.1, 0.15) is 6.92 Å². The quantitative estimate of drug-likeness (QED) is 0.757. The lowest BCUT2D eigenvalue weighted by atomic mass is 10.2. The van der Waals surface area contributed by atoms with E-state index in [9.17, 15) is 4.79 Å². The maximum absolute atomic E-state index is 11.1. The van der Waals surface area contributed by atoms with Gasteiger partial charge in [-0.2, -0.15) is 0 Å². The van der Waals surface area contributed by atoms with Crippen LogP contribution in [0, 0.1) is 0 Å². The van der Waals surface area contributed by atoms with E-state index in [1.807, 2.05) is 24.3 Å². The SMILES string of the molecule is CCOC(=O)COc1ccc2ncccc2c1. The van der Waals surface area contributed by atoms with Gasteiger partial charge in [0.1, 0.15) is 5.75 Å². The van der Waals surface area contributed by atoms with Gasteiger partial charge < -0.3 is 9.47 Å². The summed E-state index contributed by atoms with van der Waals surface area (Å²) in [7, 11) is 0.